The van der Waals surface area contributed by atoms with Gasteiger partial charge in [-0.1, -0.05) is 30.4 Å². The highest BCUT2D eigenvalue weighted by molar-refractivity contribution is 5.99. The standard InChI is InChI=1S/C15H15NO2/c1-9-13-11-7-8-12(18-11)14(13)15(17)16(9)10-5-3-2-4-6-10/h2-9,11-14H,1H3. The van der Waals surface area contributed by atoms with Gasteiger partial charge in [-0.15, -0.1) is 0 Å². The topological polar surface area (TPSA) is 29.5 Å². The molecule has 4 rings (SSSR count). The number of para-hydroxylation sites is 1. The lowest BCUT2D eigenvalue weighted by atomic mass is 9.82. The van der Waals surface area contributed by atoms with Crippen molar-refractivity contribution in [2.75, 3.05) is 4.90 Å². The molecular formula is C15H15NO2. The summed E-state index contributed by atoms with van der Waals surface area (Å²) >= 11 is 0. The minimum atomic E-state index is 0.00339. The number of hydrogen-bond donors (Lipinski definition) is 0. The molecule has 3 nitrogen and oxygen atoms in total. The molecule has 3 heteroatoms. The van der Waals surface area contributed by atoms with E-state index in [0.717, 1.165) is 5.69 Å². The van der Waals surface area contributed by atoms with Crippen molar-refractivity contribution in [1.29, 1.82) is 0 Å². The molecule has 0 aliphatic carbocycles. The number of carbonyl (C=O) groups excluding carboxylic acids is 1. The number of anilines is 1. The summed E-state index contributed by atoms with van der Waals surface area (Å²) in [6.07, 6.45) is 4.30. The van der Waals surface area contributed by atoms with Gasteiger partial charge >= 0.3 is 0 Å². The van der Waals surface area contributed by atoms with E-state index in [9.17, 15) is 4.79 Å². The molecule has 1 aromatic carbocycles. The first-order valence-electron chi connectivity index (χ1n) is 6.49. The summed E-state index contributed by atoms with van der Waals surface area (Å²) in [5.74, 6) is 0.554. The van der Waals surface area contributed by atoms with Crippen LogP contribution in [0, 0.1) is 11.8 Å². The van der Waals surface area contributed by atoms with Gasteiger partial charge in [0.1, 0.15) is 0 Å². The molecule has 5 atom stereocenters. The maximum Gasteiger partial charge on any atom is 0.233 e. The minimum absolute atomic E-state index is 0.00339. The Hall–Kier alpha value is -1.61. The van der Waals surface area contributed by atoms with E-state index in [-0.39, 0.29) is 30.1 Å². The van der Waals surface area contributed by atoms with Gasteiger partial charge in [-0.3, -0.25) is 4.79 Å². The number of carbonyl (C=O) groups is 1. The molecule has 1 aromatic rings. The van der Waals surface area contributed by atoms with E-state index in [4.69, 9.17) is 4.74 Å². The minimum Gasteiger partial charge on any atom is -0.366 e. The highest BCUT2D eigenvalue weighted by atomic mass is 16.5. The number of amides is 1. The molecule has 0 saturated carbocycles. The van der Waals surface area contributed by atoms with Crippen molar-refractivity contribution in [3.8, 4) is 0 Å². The second kappa shape index (κ2) is 3.45. The summed E-state index contributed by atoms with van der Waals surface area (Å²) in [7, 11) is 0. The average Bonchev–Trinajstić information content (AvgIpc) is 3.05. The van der Waals surface area contributed by atoms with Crippen molar-refractivity contribution in [2.45, 2.75) is 25.2 Å². The van der Waals surface area contributed by atoms with E-state index >= 15 is 0 Å². The highest BCUT2D eigenvalue weighted by Gasteiger charge is 2.59. The molecular weight excluding hydrogens is 226 g/mol. The summed E-state index contributed by atoms with van der Waals surface area (Å²) < 4.78 is 5.81. The fourth-order valence-corrected chi connectivity index (χ4v) is 3.70. The molecule has 2 fully saturated rings. The molecule has 5 unspecified atom stereocenters. The summed E-state index contributed by atoms with van der Waals surface area (Å²) in [6.45, 7) is 2.13. The predicted octanol–water partition coefficient (Wildman–Crippen LogP) is 1.99. The fraction of sp³-hybridized carbons (Fsp3) is 0.400. The van der Waals surface area contributed by atoms with Crippen LogP contribution in [0.15, 0.2) is 42.5 Å². The molecule has 92 valence electrons. The molecule has 0 aromatic heterocycles. The van der Waals surface area contributed by atoms with Gasteiger partial charge < -0.3 is 9.64 Å². The Kier molecular flexibility index (Phi) is 1.98. The van der Waals surface area contributed by atoms with Crippen LogP contribution in [0.3, 0.4) is 0 Å². The van der Waals surface area contributed by atoms with E-state index in [1.807, 2.05) is 41.3 Å². The Bertz CT molecular complexity index is 525. The Morgan fingerprint density at radius 3 is 2.56 bits per heavy atom. The quantitative estimate of drug-likeness (QED) is 0.704. The molecule has 0 spiro atoms. The average molecular weight is 241 g/mol. The summed E-state index contributed by atoms with van der Waals surface area (Å²) in [6, 6.07) is 10.2. The predicted molar refractivity (Wildman–Crippen MR) is 68.2 cm³/mol. The van der Waals surface area contributed by atoms with Crippen LogP contribution < -0.4 is 4.90 Å². The van der Waals surface area contributed by atoms with Crippen LogP contribution in [0.2, 0.25) is 0 Å². The van der Waals surface area contributed by atoms with Crippen LogP contribution in [0.25, 0.3) is 0 Å². The Morgan fingerprint density at radius 1 is 1.11 bits per heavy atom. The van der Waals surface area contributed by atoms with E-state index < -0.39 is 0 Å². The van der Waals surface area contributed by atoms with Crippen molar-refractivity contribution in [1.82, 2.24) is 0 Å². The Balaban J connectivity index is 1.75. The first-order chi connectivity index (χ1) is 8.77. The first-order valence-corrected chi connectivity index (χ1v) is 6.49. The van der Waals surface area contributed by atoms with Crippen LogP contribution in [-0.2, 0) is 9.53 Å². The normalized spacial score (nSPS) is 40.6. The van der Waals surface area contributed by atoms with Crippen LogP contribution in [0.5, 0.6) is 0 Å². The van der Waals surface area contributed by atoms with Gasteiger partial charge in [0.25, 0.3) is 0 Å². The van der Waals surface area contributed by atoms with Gasteiger partial charge in [-0.25, -0.2) is 0 Å². The highest BCUT2D eigenvalue weighted by Crippen LogP contribution is 2.48. The van der Waals surface area contributed by atoms with E-state index in [2.05, 4.69) is 13.0 Å². The number of fused-ring (bicyclic) bond motifs is 5. The Labute approximate surface area is 106 Å². The van der Waals surface area contributed by atoms with Crippen LogP contribution in [0.4, 0.5) is 5.69 Å². The number of rotatable bonds is 1. The van der Waals surface area contributed by atoms with E-state index in [1.165, 1.54) is 0 Å². The molecule has 3 heterocycles. The third-order valence-electron chi connectivity index (χ3n) is 4.47. The Morgan fingerprint density at radius 2 is 1.83 bits per heavy atom. The first kappa shape index (κ1) is 10.3. The van der Waals surface area contributed by atoms with Crippen LogP contribution >= 0.6 is 0 Å². The zero-order valence-electron chi connectivity index (χ0n) is 10.2. The lowest BCUT2D eigenvalue weighted by Gasteiger charge is -2.26. The molecule has 3 aliphatic heterocycles. The van der Waals surface area contributed by atoms with Gasteiger partial charge in [0.15, 0.2) is 0 Å². The fourth-order valence-electron chi connectivity index (χ4n) is 3.70. The number of ether oxygens (including phenoxy) is 1. The van der Waals surface area contributed by atoms with Crippen LogP contribution in [-0.4, -0.2) is 24.2 Å². The number of hydrogen-bond acceptors (Lipinski definition) is 2. The maximum absolute atomic E-state index is 12.6. The maximum atomic E-state index is 12.6. The summed E-state index contributed by atoms with van der Waals surface area (Å²) in [5.41, 5.74) is 1.00. The van der Waals surface area contributed by atoms with Gasteiger partial charge in [0.05, 0.1) is 18.1 Å². The lowest BCUT2D eigenvalue weighted by Crippen LogP contribution is -2.36. The molecule has 2 saturated heterocycles. The smallest absolute Gasteiger partial charge is 0.233 e. The van der Waals surface area contributed by atoms with Gasteiger partial charge in [0.2, 0.25) is 5.91 Å². The van der Waals surface area contributed by atoms with Crippen molar-refractivity contribution in [3.63, 3.8) is 0 Å². The van der Waals surface area contributed by atoms with Crippen molar-refractivity contribution in [2.24, 2.45) is 11.8 Å². The zero-order valence-corrected chi connectivity index (χ0v) is 10.2. The number of benzene rings is 1. The second-order valence-corrected chi connectivity index (χ2v) is 5.34. The van der Waals surface area contributed by atoms with E-state index in [1.54, 1.807) is 0 Å². The molecule has 0 radical (unpaired) electrons. The van der Waals surface area contributed by atoms with Crippen molar-refractivity contribution in [3.05, 3.63) is 42.5 Å². The van der Waals surface area contributed by atoms with Gasteiger partial charge in [-0.2, -0.15) is 0 Å². The number of nitrogens with zero attached hydrogens (tertiary/aromatic N) is 1. The van der Waals surface area contributed by atoms with Crippen LogP contribution in [0.1, 0.15) is 6.92 Å². The van der Waals surface area contributed by atoms with Gasteiger partial charge in [-0.05, 0) is 19.1 Å². The molecule has 1 amide bonds. The molecule has 3 aliphatic rings. The van der Waals surface area contributed by atoms with Crippen molar-refractivity contribution < 1.29 is 9.53 Å². The van der Waals surface area contributed by atoms with E-state index in [0.29, 0.717) is 5.92 Å². The zero-order chi connectivity index (χ0) is 12.3. The molecule has 0 N–H and O–H groups in total. The SMILES string of the molecule is CC1C2C3C=CC(O3)C2C(=O)N1c1ccccc1. The second-order valence-electron chi connectivity index (χ2n) is 5.34. The molecule has 2 bridgehead atoms. The third-order valence-corrected chi connectivity index (χ3v) is 4.47. The molecule has 18 heavy (non-hydrogen) atoms. The monoisotopic (exact) mass is 241 g/mol. The van der Waals surface area contributed by atoms with Gasteiger partial charge in [0, 0.05) is 17.6 Å². The third kappa shape index (κ3) is 1.15. The van der Waals surface area contributed by atoms with Crippen molar-refractivity contribution >= 4 is 11.6 Å². The summed E-state index contributed by atoms with van der Waals surface area (Å²) in [5, 5.41) is 0. The lowest BCUT2D eigenvalue weighted by molar-refractivity contribution is -0.121. The summed E-state index contributed by atoms with van der Waals surface area (Å²) in [4.78, 5) is 14.5. The largest absolute Gasteiger partial charge is 0.366 e.